The first-order valence-corrected chi connectivity index (χ1v) is 6.24. The van der Waals surface area contributed by atoms with E-state index in [1.54, 1.807) is 0 Å². The lowest BCUT2D eigenvalue weighted by atomic mass is 10.1. The van der Waals surface area contributed by atoms with Crippen LogP contribution < -0.4 is 5.32 Å². The van der Waals surface area contributed by atoms with E-state index in [1.165, 1.54) is 0 Å². The van der Waals surface area contributed by atoms with Crippen LogP contribution in [0.5, 0.6) is 0 Å². The predicted octanol–water partition coefficient (Wildman–Crippen LogP) is 0.0423. The maximum Gasteiger partial charge on any atom is 0.236 e. The van der Waals surface area contributed by atoms with Crippen LogP contribution >= 0.6 is 0 Å². The van der Waals surface area contributed by atoms with Crippen LogP contribution in [0.15, 0.2) is 0 Å². The number of hydrogen-bond acceptors (Lipinski definition) is 4. The summed E-state index contributed by atoms with van der Waals surface area (Å²) in [6, 6.07) is 2.36. The van der Waals surface area contributed by atoms with E-state index in [2.05, 4.69) is 11.4 Å². The Morgan fingerprint density at radius 3 is 2.71 bits per heavy atom. The van der Waals surface area contributed by atoms with Gasteiger partial charge in [0.05, 0.1) is 19.0 Å². The van der Waals surface area contributed by atoms with Crippen LogP contribution in [0.25, 0.3) is 0 Å². The Morgan fingerprint density at radius 1 is 1.53 bits per heavy atom. The highest BCUT2D eigenvalue weighted by molar-refractivity contribution is 5.78. The van der Waals surface area contributed by atoms with Gasteiger partial charge in [0.25, 0.3) is 0 Å². The van der Waals surface area contributed by atoms with Gasteiger partial charge in [-0.15, -0.1) is 0 Å². The largest absolute Gasteiger partial charge is 0.339 e. The molecule has 1 heterocycles. The first-order chi connectivity index (χ1) is 8.19. The van der Waals surface area contributed by atoms with Gasteiger partial charge in [0.2, 0.25) is 5.91 Å². The van der Waals surface area contributed by atoms with E-state index in [-0.39, 0.29) is 11.9 Å². The van der Waals surface area contributed by atoms with Crippen LogP contribution in [-0.2, 0) is 4.79 Å². The third-order valence-corrected chi connectivity index (χ3v) is 3.28. The van der Waals surface area contributed by atoms with Gasteiger partial charge in [-0.1, -0.05) is 6.92 Å². The maximum atomic E-state index is 12.0. The summed E-state index contributed by atoms with van der Waals surface area (Å²) in [5.74, 6) is 0.172. The molecule has 1 unspecified atom stereocenters. The van der Waals surface area contributed by atoms with Crippen molar-refractivity contribution >= 4 is 5.91 Å². The molecule has 5 heteroatoms. The minimum absolute atomic E-state index is 0.172. The zero-order chi connectivity index (χ0) is 12.7. The van der Waals surface area contributed by atoms with Crippen molar-refractivity contribution in [1.82, 2.24) is 15.1 Å². The summed E-state index contributed by atoms with van der Waals surface area (Å²) in [6.07, 6.45) is 1.39. The van der Waals surface area contributed by atoms with E-state index in [1.807, 2.05) is 23.8 Å². The highest BCUT2D eigenvalue weighted by Crippen LogP contribution is 2.06. The molecule has 5 nitrogen and oxygen atoms in total. The Morgan fingerprint density at radius 2 is 2.18 bits per heavy atom. The molecule has 0 radical (unpaired) electrons. The Hall–Kier alpha value is -1.12. The van der Waals surface area contributed by atoms with Crippen LogP contribution in [0.1, 0.15) is 19.8 Å². The van der Waals surface area contributed by atoms with Crippen molar-refractivity contribution in [2.75, 3.05) is 39.8 Å². The van der Waals surface area contributed by atoms with Crippen molar-refractivity contribution in [1.29, 1.82) is 5.26 Å². The third kappa shape index (κ3) is 4.33. The van der Waals surface area contributed by atoms with Gasteiger partial charge in [0.15, 0.2) is 0 Å². The first-order valence-electron chi connectivity index (χ1n) is 6.24. The molecule has 1 fully saturated rings. The summed E-state index contributed by atoms with van der Waals surface area (Å²) in [5, 5.41) is 11.9. The average molecular weight is 238 g/mol. The second-order valence-electron chi connectivity index (χ2n) is 4.47. The first kappa shape index (κ1) is 13.9. The summed E-state index contributed by atoms with van der Waals surface area (Å²) in [5.41, 5.74) is 0. The molecule has 1 amide bonds. The summed E-state index contributed by atoms with van der Waals surface area (Å²) in [7, 11) is 1.92. The fourth-order valence-electron chi connectivity index (χ4n) is 2.07. The minimum atomic E-state index is 0.172. The Labute approximate surface area is 103 Å². The van der Waals surface area contributed by atoms with E-state index in [4.69, 9.17) is 5.26 Å². The molecule has 0 bridgehead atoms. The van der Waals surface area contributed by atoms with Crippen LogP contribution in [0.3, 0.4) is 0 Å². The summed E-state index contributed by atoms with van der Waals surface area (Å²) in [6.45, 7) is 5.81. The van der Waals surface area contributed by atoms with Crippen LogP contribution in [0.2, 0.25) is 0 Å². The maximum absolute atomic E-state index is 12.0. The smallest absolute Gasteiger partial charge is 0.236 e. The molecule has 0 saturated carbocycles. The molecule has 0 aliphatic carbocycles. The third-order valence-electron chi connectivity index (χ3n) is 3.28. The molecule has 0 spiro atoms. The Kier molecular flexibility index (Phi) is 5.95. The molecule has 0 aromatic carbocycles. The number of nitrogens with zero attached hydrogens (tertiary/aromatic N) is 3. The highest BCUT2D eigenvalue weighted by atomic mass is 16.2. The van der Waals surface area contributed by atoms with Crippen LogP contribution in [0, 0.1) is 11.3 Å². The molecular formula is C12H22N4O. The summed E-state index contributed by atoms with van der Waals surface area (Å²) < 4.78 is 0. The number of piperazine rings is 1. The van der Waals surface area contributed by atoms with Gasteiger partial charge in [-0.25, -0.2) is 0 Å². The minimum Gasteiger partial charge on any atom is -0.339 e. The van der Waals surface area contributed by atoms with E-state index >= 15 is 0 Å². The molecule has 1 atom stereocenters. The van der Waals surface area contributed by atoms with Crippen molar-refractivity contribution in [3.8, 4) is 6.07 Å². The normalized spacial score (nSPS) is 17.9. The Bertz CT molecular complexity index is 281. The van der Waals surface area contributed by atoms with Gasteiger partial charge in [0, 0.05) is 32.2 Å². The lowest BCUT2D eigenvalue weighted by Crippen LogP contribution is -2.50. The van der Waals surface area contributed by atoms with Crippen LogP contribution in [0.4, 0.5) is 0 Å². The molecule has 96 valence electrons. The number of carbonyl (C=O) groups is 1. The topological polar surface area (TPSA) is 59.4 Å². The fraction of sp³-hybridized carbons (Fsp3) is 0.833. The van der Waals surface area contributed by atoms with Gasteiger partial charge in [-0.05, 0) is 13.5 Å². The molecule has 0 aromatic rings. The van der Waals surface area contributed by atoms with Gasteiger partial charge in [-0.2, -0.15) is 5.26 Å². The summed E-state index contributed by atoms with van der Waals surface area (Å²) in [4.78, 5) is 15.9. The average Bonchev–Trinajstić information content (AvgIpc) is 2.36. The number of amides is 1. The van der Waals surface area contributed by atoms with E-state index in [9.17, 15) is 4.79 Å². The highest BCUT2D eigenvalue weighted by Gasteiger charge is 2.20. The molecule has 1 aliphatic heterocycles. The standard InChI is InChI=1S/C12H22N4O/c1-3-11(4-5-13)15(2)10-12(17)16-8-6-14-7-9-16/h11,14H,3-4,6-10H2,1-2H3. The number of hydrogen-bond donors (Lipinski definition) is 1. The molecule has 17 heavy (non-hydrogen) atoms. The van der Waals surface area contributed by atoms with E-state index in [0.29, 0.717) is 13.0 Å². The number of carbonyl (C=O) groups excluding carboxylic acids is 1. The molecule has 1 saturated heterocycles. The number of rotatable bonds is 5. The summed E-state index contributed by atoms with van der Waals surface area (Å²) >= 11 is 0. The van der Waals surface area contributed by atoms with Crippen molar-refractivity contribution in [2.24, 2.45) is 0 Å². The van der Waals surface area contributed by atoms with Gasteiger partial charge < -0.3 is 10.2 Å². The van der Waals surface area contributed by atoms with E-state index in [0.717, 1.165) is 32.6 Å². The Balaban J connectivity index is 2.40. The molecule has 0 aromatic heterocycles. The lowest BCUT2D eigenvalue weighted by Gasteiger charge is -2.31. The predicted molar refractivity (Wildman–Crippen MR) is 66.4 cm³/mol. The van der Waals surface area contributed by atoms with E-state index < -0.39 is 0 Å². The van der Waals surface area contributed by atoms with Crippen molar-refractivity contribution < 1.29 is 4.79 Å². The van der Waals surface area contributed by atoms with Gasteiger partial charge >= 0.3 is 0 Å². The van der Waals surface area contributed by atoms with Gasteiger partial charge in [-0.3, -0.25) is 9.69 Å². The quantitative estimate of drug-likeness (QED) is 0.735. The second kappa shape index (κ2) is 7.25. The number of likely N-dealkylation sites (N-methyl/N-ethyl adjacent to an activating group) is 1. The SMILES string of the molecule is CCC(CC#N)N(C)CC(=O)N1CCNCC1. The lowest BCUT2D eigenvalue weighted by molar-refractivity contribution is -0.133. The van der Waals surface area contributed by atoms with Crippen molar-refractivity contribution in [3.05, 3.63) is 0 Å². The van der Waals surface area contributed by atoms with Crippen LogP contribution in [-0.4, -0.2) is 61.5 Å². The van der Waals surface area contributed by atoms with Crippen molar-refractivity contribution in [3.63, 3.8) is 0 Å². The van der Waals surface area contributed by atoms with Gasteiger partial charge in [0.1, 0.15) is 0 Å². The molecule has 1 aliphatic rings. The fourth-order valence-corrected chi connectivity index (χ4v) is 2.07. The molecular weight excluding hydrogens is 216 g/mol. The van der Waals surface area contributed by atoms with Crippen molar-refractivity contribution in [2.45, 2.75) is 25.8 Å². The monoisotopic (exact) mass is 238 g/mol. The molecule has 1 rings (SSSR count). The number of nitrogens with one attached hydrogen (secondary N) is 1. The zero-order valence-corrected chi connectivity index (χ0v) is 10.8. The number of nitriles is 1. The second-order valence-corrected chi connectivity index (χ2v) is 4.47. The molecule has 1 N–H and O–H groups in total. The zero-order valence-electron chi connectivity index (χ0n) is 10.8.